The van der Waals surface area contributed by atoms with Crippen LogP contribution in [0.15, 0.2) is 24.3 Å². The average molecular weight is 293 g/mol. The summed E-state index contributed by atoms with van der Waals surface area (Å²) in [5.41, 5.74) is 0.674. The lowest BCUT2D eigenvalue weighted by Crippen LogP contribution is -2.37. The molecule has 1 amide bonds. The lowest BCUT2D eigenvalue weighted by Gasteiger charge is -2.25. The van der Waals surface area contributed by atoms with Crippen LogP contribution in [0.1, 0.15) is 26.3 Å². The fourth-order valence-electron chi connectivity index (χ4n) is 1.79. The number of nitrogens with zero attached hydrogens (tertiary/aromatic N) is 1. The van der Waals surface area contributed by atoms with Crippen molar-refractivity contribution in [1.29, 1.82) is 0 Å². The zero-order chi connectivity index (χ0) is 15.6. The number of amides is 1. The third-order valence-corrected chi connectivity index (χ3v) is 5.01. The molecule has 1 aromatic carbocycles. The first kappa shape index (κ1) is 16.8. The number of carbonyl (C=O) groups is 1. The van der Waals surface area contributed by atoms with Gasteiger partial charge in [-0.15, -0.1) is 0 Å². The predicted molar refractivity (Wildman–Crippen MR) is 87.1 cm³/mol. The molecule has 3 nitrogen and oxygen atoms in total. The fourth-order valence-corrected chi connectivity index (χ4v) is 2.96. The van der Waals surface area contributed by atoms with Gasteiger partial charge in [0.2, 0.25) is 0 Å². The molecule has 1 rings (SSSR count). The van der Waals surface area contributed by atoms with E-state index in [-0.39, 0.29) is 6.09 Å². The molecular formula is C16H27NO2Si. The lowest BCUT2D eigenvalue weighted by molar-refractivity contribution is 0.0285. The van der Waals surface area contributed by atoms with E-state index in [1.807, 2.05) is 20.8 Å². The van der Waals surface area contributed by atoms with Gasteiger partial charge in [0.05, 0.1) is 8.07 Å². The van der Waals surface area contributed by atoms with Gasteiger partial charge in [0.15, 0.2) is 0 Å². The highest BCUT2D eigenvalue weighted by molar-refractivity contribution is 6.88. The Morgan fingerprint density at radius 3 is 2.05 bits per heavy atom. The molecule has 0 heterocycles. The smallest absolute Gasteiger partial charge is 0.410 e. The van der Waals surface area contributed by atoms with Gasteiger partial charge in [0.25, 0.3) is 0 Å². The van der Waals surface area contributed by atoms with E-state index in [0.717, 1.165) is 5.56 Å². The Morgan fingerprint density at radius 1 is 1.15 bits per heavy atom. The summed E-state index contributed by atoms with van der Waals surface area (Å²) in [6.07, 6.45) is -0.285. The zero-order valence-electron chi connectivity index (χ0n) is 13.8. The van der Waals surface area contributed by atoms with Crippen molar-refractivity contribution in [1.82, 2.24) is 4.90 Å². The van der Waals surface area contributed by atoms with Gasteiger partial charge < -0.3 is 9.64 Å². The van der Waals surface area contributed by atoms with Crippen LogP contribution in [0.2, 0.25) is 19.6 Å². The maximum atomic E-state index is 11.9. The Balaban J connectivity index is 2.67. The molecule has 1 aromatic rings. The largest absolute Gasteiger partial charge is 0.444 e. The first-order chi connectivity index (χ1) is 8.99. The Morgan fingerprint density at radius 2 is 1.65 bits per heavy atom. The van der Waals surface area contributed by atoms with E-state index >= 15 is 0 Å². The van der Waals surface area contributed by atoms with E-state index < -0.39 is 13.7 Å². The molecular weight excluding hydrogens is 266 g/mol. The highest BCUT2D eigenvalue weighted by Crippen LogP contribution is 2.11. The molecule has 0 fully saturated rings. The summed E-state index contributed by atoms with van der Waals surface area (Å²) in [6.45, 7) is 13.2. The summed E-state index contributed by atoms with van der Waals surface area (Å²) < 4.78 is 5.34. The second-order valence-electron chi connectivity index (χ2n) is 7.28. The molecule has 0 aliphatic rings. The van der Waals surface area contributed by atoms with E-state index in [4.69, 9.17) is 4.74 Å². The molecule has 0 aliphatic heterocycles. The summed E-state index contributed by atoms with van der Waals surface area (Å²) in [5.74, 6) is 0. The number of hydrogen-bond acceptors (Lipinski definition) is 2. The van der Waals surface area contributed by atoms with Crippen LogP contribution in [0.3, 0.4) is 0 Å². The van der Waals surface area contributed by atoms with Crippen molar-refractivity contribution < 1.29 is 9.53 Å². The molecule has 112 valence electrons. The standard InChI is InChI=1S/C16H27NO2Si/c1-16(2,3)19-15(18)17(4)12-13-8-10-14(11-9-13)20(5,6)7/h8-11H,12H2,1-7H3. The molecule has 0 unspecified atom stereocenters. The van der Waals surface area contributed by atoms with Gasteiger partial charge in [-0.05, 0) is 26.3 Å². The predicted octanol–water partition coefficient (Wildman–Crippen LogP) is 3.60. The normalized spacial score (nSPS) is 12.2. The van der Waals surface area contributed by atoms with Crippen LogP contribution in [-0.4, -0.2) is 31.7 Å². The molecule has 0 spiro atoms. The van der Waals surface area contributed by atoms with Crippen LogP contribution >= 0.6 is 0 Å². The Kier molecular flexibility index (Phi) is 5.03. The van der Waals surface area contributed by atoms with Gasteiger partial charge in [-0.1, -0.05) is 49.1 Å². The Hall–Kier alpha value is -1.29. The molecule has 0 radical (unpaired) electrons. The molecule has 20 heavy (non-hydrogen) atoms. The number of hydrogen-bond donors (Lipinski definition) is 0. The molecule has 0 bridgehead atoms. The van der Waals surface area contributed by atoms with Gasteiger partial charge in [0.1, 0.15) is 5.60 Å². The van der Waals surface area contributed by atoms with E-state index in [1.165, 1.54) is 5.19 Å². The zero-order valence-corrected chi connectivity index (χ0v) is 14.8. The maximum Gasteiger partial charge on any atom is 0.410 e. The minimum absolute atomic E-state index is 0.285. The maximum absolute atomic E-state index is 11.9. The second kappa shape index (κ2) is 6.00. The van der Waals surface area contributed by atoms with E-state index in [0.29, 0.717) is 6.54 Å². The Labute approximate surface area is 123 Å². The number of ether oxygens (including phenoxy) is 1. The molecule has 0 aromatic heterocycles. The first-order valence-corrected chi connectivity index (χ1v) is 10.5. The van der Waals surface area contributed by atoms with Crippen molar-refractivity contribution >= 4 is 19.4 Å². The van der Waals surface area contributed by atoms with Crippen molar-refractivity contribution in [2.75, 3.05) is 7.05 Å². The molecule has 4 heteroatoms. The fraction of sp³-hybridized carbons (Fsp3) is 0.562. The topological polar surface area (TPSA) is 29.5 Å². The van der Waals surface area contributed by atoms with Crippen molar-refractivity contribution in [3.05, 3.63) is 29.8 Å². The third kappa shape index (κ3) is 5.37. The van der Waals surface area contributed by atoms with Crippen LogP contribution in [0, 0.1) is 0 Å². The monoisotopic (exact) mass is 293 g/mol. The minimum Gasteiger partial charge on any atom is -0.444 e. The summed E-state index contributed by atoms with van der Waals surface area (Å²) in [7, 11) is 0.509. The summed E-state index contributed by atoms with van der Waals surface area (Å²) in [4.78, 5) is 13.5. The van der Waals surface area contributed by atoms with Crippen LogP contribution < -0.4 is 5.19 Å². The van der Waals surface area contributed by atoms with E-state index in [9.17, 15) is 4.79 Å². The van der Waals surface area contributed by atoms with Gasteiger partial charge in [-0.25, -0.2) is 4.79 Å². The van der Waals surface area contributed by atoms with Gasteiger partial charge in [0, 0.05) is 13.6 Å². The van der Waals surface area contributed by atoms with Crippen molar-refractivity contribution in [3.8, 4) is 0 Å². The molecule has 0 atom stereocenters. The minimum atomic E-state index is -1.26. The quantitative estimate of drug-likeness (QED) is 0.797. The van der Waals surface area contributed by atoms with Crippen molar-refractivity contribution in [3.63, 3.8) is 0 Å². The van der Waals surface area contributed by atoms with Crippen LogP contribution in [-0.2, 0) is 11.3 Å². The van der Waals surface area contributed by atoms with Gasteiger partial charge >= 0.3 is 6.09 Å². The SMILES string of the molecule is CN(Cc1ccc([Si](C)(C)C)cc1)C(=O)OC(C)(C)C. The molecule has 0 saturated heterocycles. The van der Waals surface area contributed by atoms with E-state index in [2.05, 4.69) is 43.9 Å². The lowest BCUT2D eigenvalue weighted by atomic mass is 10.2. The molecule has 0 saturated carbocycles. The number of carbonyl (C=O) groups excluding carboxylic acids is 1. The second-order valence-corrected chi connectivity index (χ2v) is 12.4. The summed E-state index contributed by atoms with van der Waals surface area (Å²) >= 11 is 0. The molecule has 0 aliphatic carbocycles. The van der Waals surface area contributed by atoms with Crippen molar-refractivity contribution in [2.45, 2.75) is 52.6 Å². The first-order valence-electron chi connectivity index (χ1n) is 7.02. The number of benzene rings is 1. The highest BCUT2D eigenvalue weighted by atomic mass is 28.3. The van der Waals surface area contributed by atoms with E-state index in [1.54, 1.807) is 11.9 Å². The van der Waals surface area contributed by atoms with Crippen LogP contribution in [0.25, 0.3) is 0 Å². The highest BCUT2D eigenvalue weighted by Gasteiger charge is 2.20. The Bertz CT molecular complexity index is 455. The average Bonchev–Trinajstić information content (AvgIpc) is 2.26. The summed E-state index contributed by atoms with van der Waals surface area (Å²) in [5, 5.41) is 1.43. The van der Waals surface area contributed by atoms with Crippen LogP contribution in [0.5, 0.6) is 0 Å². The summed E-state index contributed by atoms with van der Waals surface area (Å²) in [6, 6.07) is 8.58. The van der Waals surface area contributed by atoms with Gasteiger partial charge in [-0.3, -0.25) is 0 Å². The van der Waals surface area contributed by atoms with Crippen molar-refractivity contribution in [2.24, 2.45) is 0 Å². The molecule has 0 N–H and O–H groups in total. The third-order valence-electron chi connectivity index (χ3n) is 2.94. The van der Waals surface area contributed by atoms with Crippen LogP contribution in [0.4, 0.5) is 4.79 Å². The van der Waals surface area contributed by atoms with Gasteiger partial charge in [-0.2, -0.15) is 0 Å². The number of rotatable bonds is 3.